The largest absolute Gasteiger partial charge is 0.472 e. The van der Waals surface area contributed by atoms with Crippen LogP contribution < -0.4 is 5.32 Å². The van der Waals surface area contributed by atoms with E-state index in [9.17, 15) is 19.4 Å². The topological polar surface area (TPSA) is 105 Å². The zero-order valence-corrected chi connectivity index (χ0v) is 52.8. The monoisotopic (exact) mass is 1110 g/mol. The van der Waals surface area contributed by atoms with Gasteiger partial charge < -0.3 is 19.8 Å². The molecule has 78 heavy (non-hydrogen) atoms. The van der Waals surface area contributed by atoms with Gasteiger partial charge in [0.1, 0.15) is 13.2 Å². The van der Waals surface area contributed by atoms with Gasteiger partial charge in [-0.3, -0.25) is 13.8 Å². The number of hydrogen-bond donors (Lipinski definition) is 3. The van der Waals surface area contributed by atoms with E-state index in [1.807, 2.05) is 21.1 Å². The molecular formula is C69H128N2O6P+. The van der Waals surface area contributed by atoms with Crippen LogP contribution in [0.3, 0.4) is 0 Å². The average molecular weight is 1110 g/mol. The molecule has 1 amide bonds. The number of aliphatic hydroxyl groups excluding tert-OH is 1. The average Bonchev–Trinajstić information content (AvgIpc) is 3.41. The van der Waals surface area contributed by atoms with Crippen LogP contribution in [0.4, 0.5) is 0 Å². The lowest BCUT2D eigenvalue weighted by Crippen LogP contribution is -2.46. The van der Waals surface area contributed by atoms with Crippen LogP contribution in [0.15, 0.2) is 85.1 Å². The Morgan fingerprint density at radius 2 is 0.769 bits per heavy atom. The van der Waals surface area contributed by atoms with Gasteiger partial charge in [0.25, 0.3) is 0 Å². The zero-order valence-electron chi connectivity index (χ0n) is 51.9. The first-order valence-electron chi connectivity index (χ1n) is 33.0. The molecule has 0 aliphatic carbocycles. The van der Waals surface area contributed by atoms with Crippen molar-refractivity contribution >= 4 is 13.7 Å². The van der Waals surface area contributed by atoms with E-state index < -0.39 is 20.0 Å². The third-order valence-corrected chi connectivity index (χ3v) is 15.6. The van der Waals surface area contributed by atoms with Crippen LogP contribution in [0.1, 0.15) is 296 Å². The molecule has 3 N–H and O–H groups in total. The number of phosphoric acid groups is 1. The Labute approximate surface area is 484 Å². The number of rotatable bonds is 60. The second-order valence-electron chi connectivity index (χ2n) is 23.5. The van der Waals surface area contributed by atoms with E-state index in [2.05, 4.69) is 104 Å². The van der Waals surface area contributed by atoms with Crippen LogP contribution >= 0.6 is 7.82 Å². The third-order valence-electron chi connectivity index (χ3n) is 14.7. The molecule has 3 atom stereocenters. The van der Waals surface area contributed by atoms with Gasteiger partial charge in [-0.2, -0.15) is 0 Å². The van der Waals surface area contributed by atoms with Crippen molar-refractivity contribution in [3.05, 3.63) is 85.1 Å². The summed E-state index contributed by atoms with van der Waals surface area (Å²) in [6.45, 7) is 4.77. The molecule has 0 aromatic carbocycles. The molecule has 0 saturated carbocycles. The van der Waals surface area contributed by atoms with Crippen LogP contribution in [0.5, 0.6) is 0 Å². The lowest BCUT2D eigenvalue weighted by atomic mass is 10.0. The first-order valence-corrected chi connectivity index (χ1v) is 34.4. The SMILES string of the molecule is CC/C=C\C/C=C\C/C=C\C/C=C\C/C=C\C/C=C\C/C=C\CCCCCC(=O)NC(COP(=O)(O)OCC[N+](C)(C)C)C(O)CCCCCCCCCCCCCCCCCCCCCCCCCCCCCCCCC. The predicted octanol–water partition coefficient (Wildman–Crippen LogP) is 20.8. The molecule has 0 rings (SSSR count). The van der Waals surface area contributed by atoms with Gasteiger partial charge >= 0.3 is 7.82 Å². The molecule has 0 radical (unpaired) electrons. The standard InChI is InChI=1S/C69H127N2O6P/c1-6-8-10-12-14-16-18-20-22-24-26-28-30-32-33-34-35-36-37-39-40-42-44-46-48-50-52-54-56-58-60-62-68(72)67(66-77-78(74,75)76-65-64-71(3,4)5)70-69(73)63-61-59-57-55-53-51-49-47-45-43-41-38-31-29-27-25-23-21-19-17-15-13-11-9-7-2/h9,11,15,17,21,23,27,29,38,41,45,47,51,53,67-68,72H,6-8,10,12-14,16,18-20,22,24-26,28,30-37,39-40,42-44,46,48-50,52,54-66H2,1-5H3,(H-,70,73,74,75)/p+1/b11-9-,17-15-,23-21-,29-27-,41-38-,47-45-,53-51-. The van der Waals surface area contributed by atoms with E-state index >= 15 is 0 Å². The van der Waals surface area contributed by atoms with E-state index in [1.54, 1.807) is 0 Å². The molecule has 0 saturated heterocycles. The minimum absolute atomic E-state index is 0.0637. The van der Waals surface area contributed by atoms with Crippen molar-refractivity contribution < 1.29 is 32.9 Å². The third kappa shape index (κ3) is 61.3. The van der Waals surface area contributed by atoms with Crippen molar-refractivity contribution in [2.45, 2.75) is 309 Å². The normalized spacial score (nSPS) is 14.3. The van der Waals surface area contributed by atoms with Crippen molar-refractivity contribution in [2.75, 3.05) is 40.9 Å². The number of carbonyl (C=O) groups is 1. The number of nitrogens with one attached hydrogen (secondary N) is 1. The maximum Gasteiger partial charge on any atom is 0.472 e. The summed E-state index contributed by atoms with van der Waals surface area (Å²) in [7, 11) is 1.59. The molecular weight excluding hydrogens is 984 g/mol. The molecule has 9 heteroatoms. The maximum absolute atomic E-state index is 13.0. The van der Waals surface area contributed by atoms with E-state index in [-0.39, 0.29) is 19.1 Å². The Kier molecular flexibility index (Phi) is 57.5. The molecule has 454 valence electrons. The summed E-state index contributed by atoms with van der Waals surface area (Å²) < 4.78 is 23.8. The number of phosphoric ester groups is 1. The lowest BCUT2D eigenvalue weighted by Gasteiger charge is -2.26. The second kappa shape index (κ2) is 59.3. The highest BCUT2D eigenvalue weighted by Gasteiger charge is 2.28. The van der Waals surface area contributed by atoms with Gasteiger partial charge in [0, 0.05) is 6.42 Å². The summed E-state index contributed by atoms with van der Waals surface area (Å²) in [6, 6.07) is -0.787. The summed E-state index contributed by atoms with van der Waals surface area (Å²) in [5, 5.41) is 14.1. The molecule has 0 aromatic rings. The number of nitrogens with zero attached hydrogens (tertiary/aromatic N) is 1. The second-order valence-corrected chi connectivity index (χ2v) is 24.9. The first kappa shape index (κ1) is 75.7. The molecule has 0 aliphatic heterocycles. The number of quaternary nitrogens is 1. The van der Waals surface area contributed by atoms with Crippen molar-refractivity contribution in [1.29, 1.82) is 0 Å². The predicted molar refractivity (Wildman–Crippen MR) is 341 cm³/mol. The zero-order chi connectivity index (χ0) is 57.0. The minimum atomic E-state index is -4.34. The number of hydrogen-bond acceptors (Lipinski definition) is 5. The van der Waals surface area contributed by atoms with E-state index in [0.717, 1.165) is 89.9 Å². The fraction of sp³-hybridized carbons (Fsp3) is 0.783. The number of aliphatic hydroxyl groups is 1. The van der Waals surface area contributed by atoms with Crippen LogP contribution in [-0.2, 0) is 18.4 Å². The lowest BCUT2D eigenvalue weighted by molar-refractivity contribution is -0.870. The van der Waals surface area contributed by atoms with Gasteiger partial charge in [-0.25, -0.2) is 4.57 Å². The van der Waals surface area contributed by atoms with Gasteiger partial charge in [0.05, 0.1) is 39.9 Å². The summed E-state index contributed by atoms with van der Waals surface area (Å²) in [5.41, 5.74) is 0. The quantitative estimate of drug-likeness (QED) is 0.0243. The van der Waals surface area contributed by atoms with Gasteiger partial charge in [-0.05, 0) is 70.6 Å². The number of carbonyl (C=O) groups excluding carboxylic acids is 1. The summed E-state index contributed by atoms with van der Waals surface area (Å²) in [4.78, 5) is 23.4. The summed E-state index contributed by atoms with van der Waals surface area (Å²) >= 11 is 0. The Hall–Kier alpha value is -2.32. The highest BCUT2D eigenvalue weighted by molar-refractivity contribution is 7.47. The molecule has 0 aliphatic rings. The maximum atomic E-state index is 13.0. The highest BCUT2D eigenvalue weighted by atomic mass is 31.2. The van der Waals surface area contributed by atoms with E-state index in [0.29, 0.717) is 23.9 Å². The minimum Gasteiger partial charge on any atom is -0.391 e. The van der Waals surface area contributed by atoms with Crippen molar-refractivity contribution in [2.24, 2.45) is 0 Å². The fourth-order valence-corrected chi connectivity index (χ4v) is 10.3. The smallest absolute Gasteiger partial charge is 0.391 e. The van der Waals surface area contributed by atoms with Crippen molar-refractivity contribution in [3.8, 4) is 0 Å². The van der Waals surface area contributed by atoms with Gasteiger partial charge in [-0.15, -0.1) is 0 Å². The summed E-state index contributed by atoms with van der Waals surface area (Å²) in [5.74, 6) is -0.176. The molecule has 0 aromatic heterocycles. The van der Waals surface area contributed by atoms with Crippen LogP contribution in [0.2, 0.25) is 0 Å². The van der Waals surface area contributed by atoms with Gasteiger partial charge in [0.15, 0.2) is 0 Å². The van der Waals surface area contributed by atoms with Crippen molar-refractivity contribution in [1.82, 2.24) is 5.32 Å². The molecule has 3 unspecified atom stereocenters. The Morgan fingerprint density at radius 3 is 1.12 bits per heavy atom. The van der Waals surface area contributed by atoms with E-state index in [4.69, 9.17) is 9.05 Å². The van der Waals surface area contributed by atoms with Gasteiger partial charge in [0.2, 0.25) is 5.91 Å². The number of likely N-dealkylation sites (N-methyl/N-ethyl adjacent to an activating group) is 1. The Morgan fingerprint density at radius 1 is 0.449 bits per heavy atom. The molecule has 8 nitrogen and oxygen atoms in total. The Bertz CT molecular complexity index is 1550. The molecule has 0 heterocycles. The first-order chi connectivity index (χ1) is 38.0. The van der Waals surface area contributed by atoms with Gasteiger partial charge in [-0.1, -0.05) is 304 Å². The highest BCUT2D eigenvalue weighted by Crippen LogP contribution is 2.43. The summed E-state index contributed by atoms with van der Waals surface area (Å²) in [6.07, 6.45) is 83.9. The number of unbranched alkanes of at least 4 members (excludes halogenated alkanes) is 33. The van der Waals surface area contributed by atoms with Crippen LogP contribution in [-0.4, -0.2) is 73.4 Å². The van der Waals surface area contributed by atoms with Crippen molar-refractivity contribution in [3.63, 3.8) is 0 Å². The number of allylic oxidation sites excluding steroid dienone is 14. The molecule has 0 spiro atoms. The molecule has 0 bridgehead atoms. The van der Waals surface area contributed by atoms with E-state index in [1.165, 1.54) is 180 Å². The fourth-order valence-electron chi connectivity index (χ4n) is 9.56. The Balaban J connectivity index is 4.14. The van der Waals surface area contributed by atoms with Crippen LogP contribution in [0, 0.1) is 0 Å². The number of amides is 1. The van der Waals surface area contributed by atoms with Crippen LogP contribution in [0.25, 0.3) is 0 Å². The molecule has 0 fully saturated rings.